The predicted molar refractivity (Wildman–Crippen MR) is 78.0 cm³/mol. The summed E-state index contributed by atoms with van der Waals surface area (Å²) in [7, 11) is 0. The van der Waals surface area contributed by atoms with Gasteiger partial charge in [-0.15, -0.1) is 0 Å². The Balaban J connectivity index is 2.34. The van der Waals surface area contributed by atoms with Gasteiger partial charge in [-0.3, -0.25) is 0 Å². The quantitative estimate of drug-likeness (QED) is 0.943. The lowest BCUT2D eigenvalue weighted by Crippen LogP contribution is -2.18. The van der Waals surface area contributed by atoms with Gasteiger partial charge in [0.25, 0.3) is 0 Å². The van der Waals surface area contributed by atoms with E-state index >= 15 is 0 Å². The van der Waals surface area contributed by atoms with Crippen molar-refractivity contribution in [1.82, 2.24) is 9.55 Å². The van der Waals surface area contributed by atoms with Crippen molar-refractivity contribution >= 4 is 15.9 Å². The Morgan fingerprint density at radius 1 is 1.44 bits per heavy atom. The third-order valence-corrected chi connectivity index (χ3v) is 3.63. The Morgan fingerprint density at radius 2 is 2.22 bits per heavy atom. The fourth-order valence-corrected chi connectivity index (χ4v) is 2.56. The Bertz CT molecular complexity index is 532. The summed E-state index contributed by atoms with van der Waals surface area (Å²) in [5.74, 6) is 1.07. The molecule has 0 spiro atoms. The van der Waals surface area contributed by atoms with Gasteiger partial charge in [0.2, 0.25) is 0 Å². The van der Waals surface area contributed by atoms with Gasteiger partial charge in [-0.25, -0.2) is 4.98 Å². The summed E-state index contributed by atoms with van der Waals surface area (Å²) >= 11 is 3.62. The second-order valence-corrected chi connectivity index (χ2v) is 5.38. The van der Waals surface area contributed by atoms with Crippen molar-refractivity contribution in [3.8, 4) is 5.69 Å². The second kappa shape index (κ2) is 5.67. The Morgan fingerprint density at radius 3 is 2.83 bits per heavy atom. The Labute approximate surface area is 116 Å². The minimum absolute atomic E-state index is 0.173. The number of nitrogens with two attached hydrogens (primary N) is 1. The first-order valence-corrected chi connectivity index (χ1v) is 6.97. The molecule has 2 rings (SSSR count). The van der Waals surface area contributed by atoms with Crippen LogP contribution in [-0.4, -0.2) is 15.6 Å². The van der Waals surface area contributed by atoms with Crippen LogP contribution in [0, 0.1) is 0 Å². The number of nitrogens with zero attached hydrogens (tertiary/aromatic N) is 2. The van der Waals surface area contributed by atoms with E-state index in [4.69, 9.17) is 5.73 Å². The molecule has 0 fully saturated rings. The maximum absolute atomic E-state index is 5.84. The van der Waals surface area contributed by atoms with E-state index in [1.54, 1.807) is 0 Å². The minimum atomic E-state index is 0.173. The highest BCUT2D eigenvalue weighted by molar-refractivity contribution is 9.10. The zero-order chi connectivity index (χ0) is 13.1. The van der Waals surface area contributed by atoms with Crippen LogP contribution in [0.15, 0.2) is 35.1 Å². The molecule has 0 aliphatic heterocycles. The molecule has 4 heteroatoms. The van der Waals surface area contributed by atoms with Gasteiger partial charge in [-0.1, -0.05) is 28.9 Å². The van der Waals surface area contributed by atoms with Crippen LogP contribution in [0.2, 0.25) is 0 Å². The van der Waals surface area contributed by atoms with Crippen LogP contribution >= 0.6 is 15.9 Å². The van der Waals surface area contributed by atoms with E-state index in [0.717, 1.165) is 28.8 Å². The average molecular weight is 308 g/mol. The van der Waals surface area contributed by atoms with Crippen LogP contribution in [0.3, 0.4) is 0 Å². The summed E-state index contributed by atoms with van der Waals surface area (Å²) in [4.78, 5) is 4.34. The molecule has 0 aliphatic carbocycles. The highest BCUT2D eigenvalue weighted by atomic mass is 79.9. The fraction of sp³-hybridized carbons (Fsp3) is 0.357. The van der Waals surface area contributed by atoms with Crippen molar-refractivity contribution in [1.29, 1.82) is 0 Å². The molecule has 0 aliphatic rings. The largest absolute Gasteiger partial charge is 0.328 e. The lowest BCUT2D eigenvalue weighted by Gasteiger charge is -2.11. The molecule has 0 radical (unpaired) electrons. The standard InChI is InChI=1S/C14H18BrN3/c1-3-14-17-6-7-18(14)12-5-4-11(8-10(2)16)13(15)9-12/h4-7,9-10H,3,8,16H2,1-2H3. The first-order valence-electron chi connectivity index (χ1n) is 6.18. The van der Waals surface area contributed by atoms with Crippen LogP contribution in [0.5, 0.6) is 0 Å². The normalized spacial score (nSPS) is 12.7. The third-order valence-electron chi connectivity index (χ3n) is 2.89. The van der Waals surface area contributed by atoms with Gasteiger partial charge < -0.3 is 10.3 Å². The average Bonchev–Trinajstić information content (AvgIpc) is 2.79. The van der Waals surface area contributed by atoms with E-state index in [-0.39, 0.29) is 6.04 Å². The Hall–Kier alpha value is -1.13. The molecule has 0 bridgehead atoms. The number of rotatable bonds is 4. The van der Waals surface area contributed by atoms with Crippen molar-refractivity contribution in [2.24, 2.45) is 5.73 Å². The molecule has 0 amide bonds. The highest BCUT2D eigenvalue weighted by Gasteiger charge is 2.07. The van der Waals surface area contributed by atoms with E-state index in [9.17, 15) is 0 Å². The van der Waals surface area contributed by atoms with Crippen molar-refractivity contribution in [3.63, 3.8) is 0 Å². The monoisotopic (exact) mass is 307 g/mol. The van der Waals surface area contributed by atoms with Crippen molar-refractivity contribution in [3.05, 3.63) is 46.5 Å². The van der Waals surface area contributed by atoms with Crippen molar-refractivity contribution in [2.45, 2.75) is 32.7 Å². The lowest BCUT2D eigenvalue weighted by atomic mass is 10.1. The van der Waals surface area contributed by atoms with Gasteiger partial charge in [0.05, 0.1) is 0 Å². The van der Waals surface area contributed by atoms with Crippen LogP contribution < -0.4 is 5.73 Å². The fourth-order valence-electron chi connectivity index (χ4n) is 2.03. The molecule has 1 aromatic heterocycles. The molecule has 1 unspecified atom stereocenters. The van der Waals surface area contributed by atoms with E-state index in [1.807, 2.05) is 19.3 Å². The first-order chi connectivity index (χ1) is 8.61. The molecule has 2 aromatic rings. The van der Waals surface area contributed by atoms with Crippen molar-refractivity contribution in [2.75, 3.05) is 0 Å². The SMILES string of the molecule is CCc1nccn1-c1ccc(CC(C)N)c(Br)c1. The summed E-state index contributed by atoms with van der Waals surface area (Å²) in [6.45, 7) is 4.13. The summed E-state index contributed by atoms with van der Waals surface area (Å²) in [6, 6.07) is 6.54. The van der Waals surface area contributed by atoms with Crippen molar-refractivity contribution < 1.29 is 0 Å². The third kappa shape index (κ3) is 2.82. The van der Waals surface area contributed by atoms with Crippen LogP contribution in [0.4, 0.5) is 0 Å². The molecule has 2 N–H and O–H groups in total. The van der Waals surface area contributed by atoms with E-state index in [1.165, 1.54) is 5.56 Å². The lowest BCUT2D eigenvalue weighted by molar-refractivity contribution is 0.735. The zero-order valence-corrected chi connectivity index (χ0v) is 12.3. The molecule has 18 heavy (non-hydrogen) atoms. The van der Waals surface area contributed by atoms with E-state index in [2.05, 4.69) is 50.6 Å². The molecular formula is C14H18BrN3. The number of imidazole rings is 1. The van der Waals surface area contributed by atoms with E-state index < -0.39 is 0 Å². The number of aryl methyl sites for hydroxylation is 1. The predicted octanol–water partition coefficient (Wildman–Crippen LogP) is 3.09. The molecule has 1 atom stereocenters. The van der Waals surface area contributed by atoms with Crippen LogP contribution in [0.25, 0.3) is 5.69 Å². The topological polar surface area (TPSA) is 43.8 Å². The molecule has 0 saturated heterocycles. The summed E-state index contributed by atoms with van der Waals surface area (Å²) in [6.07, 6.45) is 5.63. The number of aromatic nitrogens is 2. The molecule has 96 valence electrons. The van der Waals surface area contributed by atoms with E-state index in [0.29, 0.717) is 0 Å². The van der Waals surface area contributed by atoms with Gasteiger partial charge in [-0.05, 0) is 31.0 Å². The molecular weight excluding hydrogens is 290 g/mol. The van der Waals surface area contributed by atoms with Gasteiger partial charge in [0, 0.05) is 35.0 Å². The van der Waals surface area contributed by atoms with Gasteiger partial charge in [0.1, 0.15) is 5.82 Å². The number of hydrogen-bond donors (Lipinski definition) is 1. The first kappa shape index (κ1) is 13.3. The summed E-state index contributed by atoms with van der Waals surface area (Å²) in [5.41, 5.74) is 8.21. The molecule has 1 heterocycles. The molecule has 1 aromatic carbocycles. The van der Waals surface area contributed by atoms with Gasteiger partial charge >= 0.3 is 0 Å². The summed E-state index contributed by atoms with van der Waals surface area (Å²) < 4.78 is 3.22. The molecule has 3 nitrogen and oxygen atoms in total. The van der Waals surface area contributed by atoms with Crippen LogP contribution in [-0.2, 0) is 12.8 Å². The number of halogens is 1. The second-order valence-electron chi connectivity index (χ2n) is 4.52. The number of benzene rings is 1. The van der Waals surface area contributed by atoms with Gasteiger partial charge in [0.15, 0.2) is 0 Å². The number of hydrogen-bond acceptors (Lipinski definition) is 2. The molecule has 0 saturated carbocycles. The minimum Gasteiger partial charge on any atom is -0.328 e. The smallest absolute Gasteiger partial charge is 0.112 e. The van der Waals surface area contributed by atoms with Crippen LogP contribution in [0.1, 0.15) is 25.2 Å². The Kier molecular flexibility index (Phi) is 4.19. The van der Waals surface area contributed by atoms with Gasteiger partial charge in [-0.2, -0.15) is 0 Å². The maximum Gasteiger partial charge on any atom is 0.112 e. The maximum atomic E-state index is 5.84. The summed E-state index contributed by atoms with van der Waals surface area (Å²) in [5, 5.41) is 0. The highest BCUT2D eigenvalue weighted by Crippen LogP contribution is 2.22. The zero-order valence-electron chi connectivity index (χ0n) is 10.7.